The molecule has 1 aromatic carbocycles. The third kappa shape index (κ3) is 1.92. The van der Waals surface area contributed by atoms with Crippen LogP contribution in [-0.2, 0) is 13.1 Å². The minimum atomic E-state index is 0.508. The van der Waals surface area contributed by atoms with Gasteiger partial charge >= 0.3 is 0 Å². The molecular formula is C13H13N3OS. The van der Waals surface area contributed by atoms with Crippen molar-refractivity contribution in [1.82, 2.24) is 4.98 Å². The third-order valence-corrected chi connectivity index (χ3v) is 3.86. The van der Waals surface area contributed by atoms with Crippen LogP contribution in [-0.4, -0.2) is 4.98 Å². The van der Waals surface area contributed by atoms with Gasteiger partial charge in [0.25, 0.3) is 0 Å². The fraction of sp³-hybridized carbons (Fsp3) is 0.154. The molecule has 0 amide bonds. The van der Waals surface area contributed by atoms with Crippen molar-refractivity contribution in [3.05, 3.63) is 40.8 Å². The van der Waals surface area contributed by atoms with Gasteiger partial charge in [0.15, 0.2) is 5.58 Å². The fourth-order valence-electron chi connectivity index (χ4n) is 1.81. The normalized spacial score (nSPS) is 11.2. The molecule has 3 rings (SSSR count). The molecule has 0 atom stereocenters. The van der Waals surface area contributed by atoms with Crippen LogP contribution in [0.3, 0.4) is 0 Å². The number of thiophene rings is 1. The molecule has 5 heteroatoms. The Balaban J connectivity index is 2.07. The van der Waals surface area contributed by atoms with Gasteiger partial charge in [-0.2, -0.15) is 0 Å². The largest absolute Gasteiger partial charge is 0.435 e. The van der Waals surface area contributed by atoms with Gasteiger partial charge in [-0.3, -0.25) is 0 Å². The van der Waals surface area contributed by atoms with Crippen LogP contribution in [0.15, 0.2) is 34.7 Å². The SMILES string of the molecule is NCc1ccc2oc(-c3ccc(CN)s3)nc2c1. The van der Waals surface area contributed by atoms with Crippen LogP contribution < -0.4 is 11.5 Å². The lowest BCUT2D eigenvalue weighted by atomic mass is 10.2. The van der Waals surface area contributed by atoms with E-state index in [1.807, 2.05) is 30.3 Å². The molecule has 0 saturated carbocycles. The van der Waals surface area contributed by atoms with Gasteiger partial charge < -0.3 is 15.9 Å². The van der Waals surface area contributed by atoms with Crippen molar-refractivity contribution in [3.8, 4) is 10.8 Å². The summed E-state index contributed by atoms with van der Waals surface area (Å²) in [7, 11) is 0. The molecule has 4 N–H and O–H groups in total. The Morgan fingerprint density at radius 2 is 2.00 bits per heavy atom. The van der Waals surface area contributed by atoms with Gasteiger partial charge in [-0.05, 0) is 29.8 Å². The number of hydrogen-bond donors (Lipinski definition) is 2. The Morgan fingerprint density at radius 3 is 2.72 bits per heavy atom. The molecule has 0 aliphatic carbocycles. The molecule has 18 heavy (non-hydrogen) atoms. The van der Waals surface area contributed by atoms with E-state index in [4.69, 9.17) is 15.9 Å². The topological polar surface area (TPSA) is 78.1 Å². The lowest BCUT2D eigenvalue weighted by Gasteiger charge is -1.92. The van der Waals surface area contributed by atoms with E-state index in [-0.39, 0.29) is 0 Å². The van der Waals surface area contributed by atoms with E-state index < -0.39 is 0 Å². The molecule has 0 spiro atoms. The number of nitrogens with two attached hydrogens (primary N) is 2. The summed E-state index contributed by atoms with van der Waals surface area (Å²) in [5.74, 6) is 0.642. The summed E-state index contributed by atoms with van der Waals surface area (Å²) in [5.41, 5.74) is 13.9. The molecule has 0 unspecified atom stereocenters. The molecule has 92 valence electrons. The van der Waals surface area contributed by atoms with E-state index >= 15 is 0 Å². The first-order chi connectivity index (χ1) is 8.80. The molecule has 2 aromatic heterocycles. The van der Waals surface area contributed by atoms with Gasteiger partial charge in [0.05, 0.1) is 4.88 Å². The van der Waals surface area contributed by atoms with Crippen molar-refractivity contribution in [2.45, 2.75) is 13.1 Å². The first-order valence-corrected chi connectivity index (χ1v) is 6.50. The highest BCUT2D eigenvalue weighted by molar-refractivity contribution is 7.15. The summed E-state index contributed by atoms with van der Waals surface area (Å²) in [6.07, 6.45) is 0. The molecule has 2 heterocycles. The van der Waals surface area contributed by atoms with E-state index in [0.29, 0.717) is 19.0 Å². The standard InChI is InChI=1S/C13H13N3OS/c14-6-8-1-3-11-10(5-8)16-13(17-11)12-4-2-9(7-15)18-12/h1-5H,6-7,14-15H2. The van der Waals surface area contributed by atoms with Crippen LogP contribution in [0.1, 0.15) is 10.4 Å². The molecule has 0 aliphatic rings. The Bertz CT molecular complexity index is 686. The molecule has 0 radical (unpaired) electrons. The second kappa shape index (κ2) is 4.53. The molecule has 0 bridgehead atoms. The summed E-state index contributed by atoms with van der Waals surface area (Å²) >= 11 is 1.61. The third-order valence-electron chi connectivity index (χ3n) is 2.76. The maximum Gasteiger partial charge on any atom is 0.237 e. The van der Waals surface area contributed by atoms with Crippen molar-refractivity contribution >= 4 is 22.4 Å². The maximum absolute atomic E-state index is 5.73. The zero-order chi connectivity index (χ0) is 12.5. The van der Waals surface area contributed by atoms with Gasteiger partial charge in [-0.15, -0.1) is 11.3 Å². The van der Waals surface area contributed by atoms with Crippen LogP contribution in [0.2, 0.25) is 0 Å². The zero-order valence-corrected chi connectivity index (χ0v) is 10.5. The fourth-order valence-corrected chi connectivity index (χ4v) is 2.62. The molecule has 0 fully saturated rings. The predicted molar refractivity (Wildman–Crippen MR) is 73.1 cm³/mol. The van der Waals surface area contributed by atoms with Crippen LogP contribution in [0.25, 0.3) is 21.9 Å². The lowest BCUT2D eigenvalue weighted by Crippen LogP contribution is -1.94. The second-order valence-electron chi connectivity index (χ2n) is 4.00. The zero-order valence-electron chi connectivity index (χ0n) is 9.72. The first-order valence-electron chi connectivity index (χ1n) is 5.69. The number of fused-ring (bicyclic) bond motifs is 1. The highest BCUT2D eigenvalue weighted by Gasteiger charge is 2.10. The quantitative estimate of drug-likeness (QED) is 0.757. The number of benzene rings is 1. The average molecular weight is 259 g/mol. The molecule has 0 saturated heterocycles. The van der Waals surface area contributed by atoms with Gasteiger partial charge in [0, 0.05) is 18.0 Å². The van der Waals surface area contributed by atoms with Gasteiger partial charge in [0.1, 0.15) is 5.52 Å². The van der Waals surface area contributed by atoms with Gasteiger partial charge in [-0.1, -0.05) is 6.07 Å². The van der Waals surface area contributed by atoms with Crippen LogP contribution in [0, 0.1) is 0 Å². The van der Waals surface area contributed by atoms with E-state index in [1.54, 1.807) is 11.3 Å². The lowest BCUT2D eigenvalue weighted by molar-refractivity contribution is 0.621. The number of oxazole rings is 1. The first kappa shape index (κ1) is 11.4. The summed E-state index contributed by atoms with van der Waals surface area (Å²) in [5, 5.41) is 0. The number of aromatic nitrogens is 1. The number of nitrogens with zero attached hydrogens (tertiary/aromatic N) is 1. The Morgan fingerprint density at radius 1 is 1.11 bits per heavy atom. The predicted octanol–water partition coefficient (Wildman–Crippen LogP) is 2.47. The Hall–Kier alpha value is -1.69. The van der Waals surface area contributed by atoms with E-state index in [2.05, 4.69) is 4.98 Å². The van der Waals surface area contributed by atoms with Gasteiger partial charge in [-0.25, -0.2) is 4.98 Å². The van der Waals surface area contributed by atoms with E-state index in [1.165, 1.54) is 0 Å². The Kier molecular flexibility index (Phi) is 2.87. The van der Waals surface area contributed by atoms with Crippen LogP contribution in [0.5, 0.6) is 0 Å². The maximum atomic E-state index is 5.73. The summed E-state index contributed by atoms with van der Waals surface area (Å²) in [6.45, 7) is 1.05. The summed E-state index contributed by atoms with van der Waals surface area (Å²) in [4.78, 5) is 6.61. The van der Waals surface area contributed by atoms with E-state index in [9.17, 15) is 0 Å². The van der Waals surface area contributed by atoms with Crippen molar-refractivity contribution in [2.75, 3.05) is 0 Å². The highest BCUT2D eigenvalue weighted by Crippen LogP contribution is 2.30. The van der Waals surface area contributed by atoms with Crippen molar-refractivity contribution in [3.63, 3.8) is 0 Å². The summed E-state index contributed by atoms with van der Waals surface area (Å²) < 4.78 is 5.73. The minimum absolute atomic E-state index is 0.508. The number of rotatable bonds is 3. The molecule has 4 nitrogen and oxygen atoms in total. The number of hydrogen-bond acceptors (Lipinski definition) is 5. The van der Waals surface area contributed by atoms with Crippen molar-refractivity contribution in [1.29, 1.82) is 0 Å². The molecular weight excluding hydrogens is 246 g/mol. The van der Waals surface area contributed by atoms with Crippen molar-refractivity contribution in [2.24, 2.45) is 11.5 Å². The smallest absolute Gasteiger partial charge is 0.237 e. The van der Waals surface area contributed by atoms with Gasteiger partial charge in [0.2, 0.25) is 5.89 Å². The van der Waals surface area contributed by atoms with E-state index in [0.717, 1.165) is 26.4 Å². The van der Waals surface area contributed by atoms with Crippen molar-refractivity contribution < 1.29 is 4.42 Å². The van der Waals surface area contributed by atoms with Crippen LogP contribution in [0.4, 0.5) is 0 Å². The highest BCUT2D eigenvalue weighted by atomic mass is 32.1. The average Bonchev–Trinajstić information content (AvgIpc) is 3.03. The second-order valence-corrected chi connectivity index (χ2v) is 5.16. The molecule has 0 aliphatic heterocycles. The summed E-state index contributed by atoms with van der Waals surface area (Å²) in [6, 6.07) is 9.81. The minimum Gasteiger partial charge on any atom is -0.435 e. The Labute approximate surface area is 108 Å². The van der Waals surface area contributed by atoms with Crippen LogP contribution >= 0.6 is 11.3 Å². The molecule has 3 aromatic rings. The monoisotopic (exact) mass is 259 g/mol.